The van der Waals surface area contributed by atoms with Crippen LogP contribution < -0.4 is 10.2 Å². The fraction of sp³-hybridized carbons (Fsp3) is 0.0714. The maximum atomic E-state index is 13.2. The first-order valence-corrected chi connectivity index (χ1v) is 11.1. The number of hydrazone groups is 1. The Bertz CT molecular complexity index is 1320. The van der Waals surface area contributed by atoms with Crippen LogP contribution in [0, 0.1) is 10.1 Å². The monoisotopic (exact) mass is 481 g/mol. The van der Waals surface area contributed by atoms with E-state index in [0.29, 0.717) is 22.4 Å². The third-order valence-corrected chi connectivity index (χ3v) is 5.54. The predicted octanol–water partition coefficient (Wildman–Crippen LogP) is 4.56. The number of hydrogen-bond acceptors (Lipinski definition) is 6. The number of ether oxygens (including phenoxy) is 1. The Morgan fingerprint density at radius 2 is 1.44 bits per heavy atom. The van der Waals surface area contributed by atoms with Crippen LogP contribution in [0.15, 0.2) is 114 Å². The lowest BCUT2D eigenvalue weighted by Gasteiger charge is -2.27. The molecule has 8 heteroatoms. The number of hydrogen-bond donors (Lipinski definition) is 2. The SMILES string of the molecule is O=C(N/N=C\c1ccccc1OCc1ccc([N+](=O)[O-])cc1)C(O)(c1ccccc1)c1ccccc1. The summed E-state index contributed by atoms with van der Waals surface area (Å²) in [6.07, 6.45) is 1.43. The second kappa shape index (κ2) is 11.1. The van der Waals surface area contributed by atoms with Crippen LogP contribution in [0.4, 0.5) is 5.69 Å². The molecule has 0 aliphatic carbocycles. The molecule has 0 bridgehead atoms. The molecule has 0 heterocycles. The Morgan fingerprint density at radius 3 is 2.03 bits per heavy atom. The van der Waals surface area contributed by atoms with Gasteiger partial charge in [0.25, 0.3) is 11.6 Å². The maximum Gasteiger partial charge on any atom is 0.281 e. The Hall–Kier alpha value is -4.82. The van der Waals surface area contributed by atoms with Gasteiger partial charge in [-0.1, -0.05) is 72.8 Å². The van der Waals surface area contributed by atoms with E-state index in [9.17, 15) is 20.0 Å². The number of non-ortho nitro benzene ring substituents is 1. The van der Waals surface area contributed by atoms with Gasteiger partial charge in [0, 0.05) is 17.7 Å². The van der Waals surface area contributed by atoms with Crippen LogP contribution >= 0.6 is 0 Å². The van der Waals surface area contributed by atoms with E-state index in [4.69, 9.17) is 4.74 Å². The molecular formula is C28H23N3O5. The maximum absolute atomic E-state index is 13.2. The van der Waals surface area contributed by atoms with Crippen molar-refractivity contribution in [2.24, 2.45) is 5.10 Å². The fourth-order valence-electron chi connectivity index (χ4n) is 3.62. The van der Waals surface area contributed by atoms with E-state index in [1.165, 1.54) is 18.3 Å². The van der Waals surface area contributed by atoms with Gasteiger partial charge >= 0.3 is 0 Å². The van der Waals surface area contributed by atoms with E-state index in [-0.39, 0.29) is 12.3 Å². The number of carbonyl (C=O) groups is 1. The Kier molecular flexibility index (Phi) is 7.48. The molecule has 4 aromatic carbocycles. The zero-order valence-electron chi connectivity index (χ0n) is 19.2. The van der Waals surface area contributed by atoms with Gasteiger partial charge in [0.1, 0.15) is 12.4 Å². The van der Waals surface area contributed by atoms with Gasteiger partial charge in [-0.3, -0.25) is 14.9 Å². The van der Waals surface area contributed by atoms with E-state index < -0.39 is 16.4 Å². The molecule has 0 saturated carbocycles. The number of nitrogens with one attached hydrogen (secondary N) is 1. The molecule has 4 aromatic rings. The van der Waals surface area contributed by atoms with E-state index in [1.807, 2.05) is 0 Å². The summed E-state index contributed by atoms with van der Waals surface area (Å²) < 4.78 is 5.86. The van der Waals surface area contributed by atoms with Crippen molar-refractivity contribution < 1.29 is 19.6 Å². The lowest BCUT2D eigenvalue weighted by molar-refractivity contribution is -0.384. The molecule has 36 heavy (non-hydrogen) atoms. The average Bonchev–Trinajstić information content (AvgIpc) is 2.93. The summed E-state index contributed by atoms with van der Waals surface area (Å²) in [5, 5.41) is 26.4. The second-order valence-corrected chi connectivity index (χ2v) is 7.89. The molecule has 0 radical (unpaired) electrons. The number of rotatable bonds is 9. The normalized spacial score (nSPS) is 11.2. The van der Waals surface area contributed by atoms with Crippen LogP contribution in [0.1, 0.15) is 22.3 Å². The lowest BCUT2D eigenvalue weighted by atomic mass is 9.85. The molecule has 0 unspecified atom stereocenters. The number of aliphatic hydroxyl groups is 1. The molecule has 0 aliphatic rings. The van der Waals surface area contributed by atoms with Crippen molar-refractivity contribution in [1.29, 1.82) is 0 Å². The third-order valence-electron chi connectivity index (χ3n) is 5.54. The summed E-state index contributed by atoms with van der Waals surface area (Å²) in [5.74, 6) is -0.198. The summed E-state index contributed by atoms with van der Waals surface area (Å²) in [7, 11) is 0. The van der Waals surface area contributed by atoms with Crippen molar-refractivity contribution in [1.82, 2.24) is 5.43 Å². The van der Waals surface area contributed by atoms with Gasteiger partial charge in [0.15, 0.2) is 5.60 Å². The first kappa shape index (κ1) is 24.3. The zero-order chi connectivity index (χ0) is 25.4. The first-order valence-electron chi connectivity index (χ1n) is 11.1. The molecule has 8 nitrogen and oxygen atoms in total. The van der Waals surface area contributed by atoms with Crippen LogP contribution in [-0.2, 0) is 17.0 Å². The highest BCUT2D eigenvalue weighted by Gasteiger charge is 2.39. The van der Waals surface area contributed by atoms with Gasteiger partial charge in [-0.2, -0.15) is 5.10 Å². The molecule has 0 aromatic heterocycles. The van der Waals surface area contributed by atoms with Crippen molar-refractivity contribution in [3.63, 3.8) is 0 Å². The van der Waals surface area contributed by atoms with Crippen molar-refractivity contribution in [3.8, 4) is 5.75 Å². The molecule has 0 spiro atoms. The molecule has 0 atom stereocenters. The summed E-state index contributed by atoms with van der Waals surface area (Å²) in [5.41, 5.74) is 2.70. The number of nitro groups is 1. The highest BCUT2D eigenvalue weighted by atomic mass is 16.6. The van der Waals surface area contributed by atoms with Gasteiger partial charge in [-0.05, 0) is 41.0 Å². The molecule has 2 N–H and O–H groups in total. The Morgan fingerprint density at radius 1 is 0.889 bits per heavy atom. The molecular weight excluding hydrogens is 458 g/mol. The van der Waals surface area contributed by atoms with E-state index in [2.05, 4.69) is 10.5 Å². The summed E-state index contributed by atoms with van der Waals surface area (Å²) in [6.45, 7) is 0.191. The minimum atomic E-state index is -1.94. The van der Waals surface area contributed by atoms with Crippen molar-refractivity contribution in [2.45, 2.75) is 12.2 Å². The van der Waals surface area contributed by atoms with Crippen molar-refractivity contribution in [2.75, 3.05) is 0 Å². The van der Waals surface area contributed by atoms with E-state index in [1.54, 1.807) is 97.1 Å². The number of benzene rings is 4. The van der Waals surface area contributed by atoms with E-state index in [0.717, 1.165) is 5.56 Å². The van der Waals surface area contributed by atoms with Gasteiger partial charge in [0.05, 0.1) is 11.1 Å². The average molecular weight is 482 g/mol. The van der Waals surface area contributed by atoms with Crippen LogP contribution in [0.3, 0.4) is 0 Å². The smallest absolute Gasteiger partial charge is 0.281 e. The molecule has 0 fully saturated rings. The molecule has 0 saturated heterocycles. The quantitative estimate of drug-likeness (QED) is 0.207. The van der Waals surface area contributed by atoms with Crippen molar-refractivity contribution in [3.05, 3.63) is 142 Å². The molecule has 0 aliphatic heterocycles. The number of para-hydroxylation sites is 1. The summed E-state index contributed by atoms with van der Waals surface area (Å²) in [6, 6.07) is 30.5. The predicted molar refractivity (Wildman–Crippen MR) is 135 cm³/mol. The largest absolute Gasteiger partial charge is 0.488 e. The fourth-order valence-corrected chi connectivity index (χ4v) is 3.62. The first-order chi connectivity index (χ1) is 17.5. The number of nitrogens with zero attached hydrogens (tertiary/aromatic N) is 2. The summed E-state index contributed by atoms with van der Waals surface area (Å²) in [4.78, 5) is 23.5. The minimum Gasteiger partial charge on any atom is -0.488 e. The number of nitro benzene ring substituents is 1. The second-order valence-electron chi connectivity index (χ2n) is 7.89. The number of amides is 1. The van der Waals surface area contributed by atoms with Gasteiger partial charge in [-0.25, -0.2) is 5.43 Å². The lowest BCUT2D eigenvalue weighted by Crippen LogP contribution is -2.43. The molecule has 1 amide bonds. The Labute approximate surface area is 207 Å². The van der Waals surface area contributed by atoms with Crippen LogP contribution in [-0.4, -0.2) is 22.2 Å². The topological polar surface area (TPSA) is 114 Å². The van der Waals surface area contributed by atoms with Crippen LogP contribution in [0.5, 0.6) is 5.75 Å². The van der Waals surface area contributed by atoms with Crippen molar-refractivity contribution >= 4 is 17.8 Å². The highest BCUT2D eigenvalue weighted by Crippen LogP contribution is 2.30. The third kappa shape index (κ3) is 5.45. The highest BCUT2D eigenvalue weighted by molar-refractivity contribution is 5.91. The van der Waals surface area contributed by atoms with E-state index >= 15 is 0 Å². The minimum absolute atomic E-state index is 0.00740. The van der Waals surface area contributed by atoms with Gasteiger partial charge < -0.3 is 9.84 Å². The Balaban J connectivity index is 1.49. The zero-order valence-corrected chi connectivity index (χ0v) is 19.2. The number of carbonyl (C=O) groups excluding carboxylic acids is 1. The molecule has 4 rings (SSSR count). The molecule has 180 valence electrons. The van der Waals surface area contributed by atoms with Gasteiger partial charge in [0.2, 0.25) is 0 Å². The standard InChI is InChI=1S/C28H23N3O5/c32-27(28(33,23-10-3-1-4-11-23)24-12-5-2-6-13-24)30-29-19-22-9-7-8-14-26(22)36-20-21-15-17-25(18-16-21)31(34)35/h1-19,33H,20H2,(H,30,32)/b29-19-. The van der Waals surface area contributed by atoms with Crippen LogP contribution in [0.25, 0.3) is 0 Å². The summed E-state index contributed by atoms with van der Waals surface area (Å²) >= 11 is 0. The van der Waals surface area contributed by atoms with Crippen LogP contribution in [0.2, 0.25) is 0 Å². The van der Waals surface area contributed by atoms with Gasteiger partial charge in [-0.15, -0.1) is 0 Å².